The van der Waals surface area contributed by atoms with Crippen LogP contribution in [0.4, 0.5) is 0 Å². The zero-order valence-corrected chi connectivity index (χ0v) is 43.9. The molecule has 0 aromatic rings. The van der Waals surface area contributed by atoms with E-state index < -0.39 is 6.10 Å². The first kappa shape index (κ1) is 63.6. The first-order valence-electron chi connectivity index (χ1n) is 28.1. The van der Waals surface area contributed by atoms with Crippen LogP contribution in [0.15, 0.2) is 85.1 Å². The highest BCUT2D eigenvalue weighted by molar-refractivity contribution is 5.71. The SMILES string of the molecule is CC/C=C\C/C=C\C/C=C\C/C=C\CCCCCCC(=O)O[C@@H](COC(=O)CCCCCCC/C=C\CCCCCC)COC(=O)CCCCCCCCCCC/C=C\C/C=C\CCCCC. The zero-order chi connectivity index (χ0) is 48.6. The van der Waals surface area contributed by atoms with Crippen LogP contribution < -0.4 is 0 Å². The van der Waals surface area contributed by atoms with Crippen LogP contribution >= 0.6 is 0 Å². The van der Waals surface area contributed by atoms with Gasteiger partial charge in [-0.05, 0) is 116 Å². The summed E-state index contributed by atoms with van der Waals surface area (Å²) in [5.41, 5.74) is 0. The minimum atomic E-state index is -0.795. The van der Waals surface area contributed by atoms with Crippen molar-refractivity contribution >= 4 is 17.9 Å². The summed E-state index contributed by atoms with van der Waals surface area (Å²) in [5, 5.41) is 0. The number of carbonyl (C=O) groups is 3. The van der Waals surface area contributed by atoms with E-state index >= 15 is 0 Å². The van der Waals surface area contributed by atoms with Crippen molar-refractivity contribution < 1.29 is 28.6 Å². The third-order valence-corrected chi connectivity index (χ3v) is 11.9. The minimum Gasteiger partial charge on any atom is -0.462 e. The third kappa shape index (κ3) is 53.4. The van der Waals surface area contributed by atoms with E-state index in [0.29, 0.717) is 19.3 Å². The molecular weight excluding hydrogens is 829 g/mol. The van der Waals surface area contributed by atoms with Crippen LogP contribution in [0, 0.1) is 0 Å². The van der Waals surface area contributed by atoms with E-state index in [1.807, 2.05) is 0 Å². The van der Waals surface area contributed by atoms with Crippen LogP contribution in [0.1, 0.15) is 265 Å². The van der Waals surface area contributed by atoms with Crippen molar-refractivity contribution in [1.82, 2.24) is 0 Å². The molecule has 0 N–H and O–H groups in total. The number of allylic oxidation sites excluding steroid dienone is 14. The van der Waals surface area contributed by atoms with Gasteiger partial charge in [-0.15, -0.1) is 0 Å². The summed E-state index contributed by atoms with van der Waals surface area (Å²) in [7, 11) is 0. The van der Waals surface area contributed by atoms with Crippen molar-refractivity contribution in [2.75, 3.05) is 13.2 Å². The molecule has 0 amide bonds. The Morgan fingerprint density at radius 1 is 0.313 bits per heavy atom. The highest BCUT2D eigenvalue weighted by Crippen LogP contribution is 2.14. The van der Waals surface area contributed by atoms with Gasteiger partial charge in [0.15, 0.2) is 6.10 Å². The molecule has 0 bridgehead atoms. The number of unbranched alkanes of at least 4 members (excludes halogenated alkanes) is 25. The predicted octanol–water partition coefficient (Wildman–Crippen LogP) is 18.8. The predicted molar refractivity (Wildman–Crippen MR) is 288 cm³/mol. The van der Waals surface area contributed by atoms with E-state index in [9.17, 15) is 14.4 Å². The van der Waals surface area contributed by atoms with Crippen molar-refractivity contribution in [3.63, 3.8) is 0 Å². The van der Waals surface area contributed by atoms with Gasteiger partial charge in [0.2, 0.25) is 0 Å². The molecule has 0 saturated heterocycles. The molecular formula is C61H104O6. The standard InChI is InChI=1S/C61H104O6/c1-4-7-10-13-16-19-22-25-27-29-30-32-33-36-39-42-45-48-51-54-60(63)66-57-58(56-65-59(62)53-50-47-44-41-38-35-24-21-18-15-12-9-6-3)67-61(64)55-52-49-46-43-40-37-34-31-28-26-23-20-17-14-11-8-5-2/h8,11,16-17,19-21,24-28,34,37,58H,4-7,9-10,12-15,18,22-23,29-33,35-36,38-57H2,1-3H3/b11-8-,19-16-,20-17-,24-21-,27-25-,28-26-,37-34-/t58-/m0/s1. The highest BCUT2D eigenvalue weighted by atomic mass is 16.6. The van der Waals surface area contributed by atoms with Gasteiger partial charge in [-0.2, -0.15) is 0 Å². The molecule has 0 aliphatic heterocycles. The second kappa shape index (κ2) is 55.2. The summed E-state index contributed by atoms with van der Waals surface area (Å²) in [6.45, 7) is 6.46. The van der Waals surface area contributed by atoms with Crippen molar-refractivity contribution in [1.29, 1.82) is 0 Å². The summed E-state index contributed by atoms with van der Waals surface area (Å²) in [5.74, 6) is -0.924. The van der Waals surface area contributed by atoms with Crippen LogP contribution in [-0.2, 0) is 28.6 Å². The Balaban J connectivity index is 4.42. The molecule has 1 atom stereocenters. The van der Waals surface area contributed by atoms with Crippen molar-refractivity contribution in [3.8, 4) is 0 Å². The van der Waals surface area contributed by atoms with Gasteiger partial charge in [0.1, 0.15) is 13.2 Å². The molecule has 0 saturated carbocycles. The molecule has 6 heteroatoms. The van der Waals surface area contributed by atoms with Gasteiger partial charge < -0.3 is 14.2 Å². The molecule has 0 spiro atoms. The topological polar surface area (TPSA) is 78.9 Å². The van der Waals surface area contributed by atoms with E-state index in [0.717, 1.165) is 109 Å². The van der Waals surface area contributed by atoms with Crippen LogP contribution in [0.5, 0.6) is 0 Å². The Kier molecular flexibility index (Phi) is 52.4. The van der Waals surface area contributed by atoms with Crippen LogP contribution in [0.25, 0.3) is 0 Å². The van der Waals surface area contributed by atoms with E-state index in [-0.39, 0.29) is 31.1 Å². The first-order chi connectivity index (χ1) is 33.0. The van der Waals surface area contributed by atoms with E-state index in [2.05, 4.69) is 106 Å². The molecule has 67 heavy (non-hydrogen) atoms. The number of hydrogen-bond donors (Lipinski definition) is 0. The normalized spacial score (nSPS) is 12.7. The van der Waals surface area contributed by atoms with E-state index in [1.54, 1.807) is 0 Å². The molecule has 0 aromatic carbocycles. The molecule has 0 unspecified atom stereocenters. The first-order valence-corrected chi connectivity index (χ1v) is 28.1. The Hall–Kier alpha value is -3.41. The molecule has 0 fully saturated rings. The lowest BCUT2D eigenvalue weighted by Crippen LogP contribution is -2.30. The highest BCUT2D eigenvalue weighted by Gasteiger charge is 2.19. The lowest BCUT2D eigenvalue weighted by atomic mass is 10.1. The summed E-state index contributed by atoms with van der Waals surface area (Å²) in [6, 6.07) is 0. The lowest BCUT2D eigenvalue weighted by molar-refractivity contribution is -0.167. The minimum absolute atomic E-state index is 0.0914. The van der Waals surface area contributed by atoms with Gasteiger partial charge in [-0.25, -0.2) is 0 Å². The van der Waals surface area contributed by atoms with Crippen LogP contribution in [0.2, 0.25) is 0 Å². The average Bonchev–Trinajstić information content (AvgIpc) is 3.33. The van der Waals surface area contributed by atoms with Gasteiger partial charge in [-0.1, -0.05) is 215 Å². The second-order valence-corrected chi connectivity index (χ2v) is 18.5. The Morgan fingerprint density at radius 3 is 0.955 bits per heavy atom. The quantitative estimate of drug-likeness (QED) is 0.0262. The maximum atomic E-state index is 12.8. The number of carbonyl (C=O) groups excluding carboxylic acids is 3. The molecule has 0 heterocycles. The number of rotatable bonds is 50. The Labute approximate surface area is 414 Å². The molecule has 384 valence electrons. The van der Waals surface area contributed by atoms with Gasteiger partial charge in [0.25, 0.3) is 0 Å². The van der Waals surface area contributed by atoms with Crippen molar-refractivity contribution in [2.24, 2.45) is 0 Å². The molecule has 0 aromatic heterocycles. The largest absolute Gasteiger partial charge is 0.462 e. The summed E-state index contributed by atoms with van der Waals surface area (Å²) in [4.78, 5) is 38.1. The fourth-order valence-electron chi connectivity index (χ4n) is 7.63. The van der Waals surface area contributed by atoms with Crippen molar-refractivity contribution in [3.05, 3.63) is 85.1 Å². The van der Waals surface area contributed by atoms with Gasteiger partial charge >= 0.3 is 17.9 Å². The molecule has 0 aliphatic carbocycles. The zero-order valence-electron chi connectivity index (χ0n) is 43.9. The molecule has 0 rings (SSSR count). The Morgan fingerprint density at radius 2 is 0.582 bits per heavy atom. The fourth-order valence-corrected chi connectivity index (χ4v) is 7.63. The maximum absolute atomic E-state index is 12.8. The number of esters is 3. The smallest absolute Gasteiger partial charge is 0.306 e. The number of ether oxygens (including phenoxy) is 3. The summed E-state index contributed by atoms with van der Waals surface area (Å²) < 4.78 is 16.8. The summed E-state index contributed by atoms with van der Waals surface area (Å²) in [6.07, 6.45) is 71.4. The van der Waals surface area contributed by atoms with Gasteiger partial charge in [-0.3, -0.25) is 14.4 Å². The van der Waals surface area contributed by atoms with Gasteiger partial charge in [0, 0.05) is 19.3 Å². The van der Waals surface area contributed by atoms with Crippen LogP contribution in [0.3, 0.4) is 0 Å². The van der Waals surface area contributed by atoms with E-state index in [4.69, 9.17) is 14.2 Å². The van der Waals surface area contributed by atoms with E-state index in [1.165, 1.54) is 116 Å². The maximum Gasteiger partial charge on any atom is 0.306 e. The average molecular weight is 933 g/mol. The van der Waals surface area contributed by atoms with Gasteiger partial charge in [0.05, 0.1) is 0 Å². The lowest BCUT2D eigenvalue weighted by Gasteiger charge is -2.18. The van der Waals surface area contributed by atoms with Crippen molar-refractivity contribution in [2.45, 2.75) is 271 Å². The molecule has 0 aliphatic rings. The third-order valence-electron chi connectivity index (χ3n) is 11.9. The molecule has 6 nitrogen and oxygen atoms in total. The molecule has 0 radical (unpaired) electrons. The van der Waals surface area contributed by atoms with Crippen LogP contribution in [-0.4, -0.2) is 37.2 Å². The number of hydrogen-bond acceptors (Lipinski definition) is 6. The Bertz CT molecular complexity index is 1300. The fraction of sp³-hybridized carbons (Fsp3) is 0.721. The monoisotopic (exact) mass is 933 g/mol. The summed E-state index contributed by atoms with van der Waals surface area (Å²) >= 11 is 0. The second-order valence-electron chi connectivity index (χ2n) is 18.5.